The Morgan fingerprint density at radius 3 is 2.15 bits per heavy atom. The Labute approximate surface area is 115 Å². The van der Waals surface area contributed by atoms with Crippen molar-refractivity contribution in [2.45, 2.75) is 46.2 Å². The van der Waals surface area contributed by atoms with E-state index in [0.717, 1.165) is 0 Å². The molecule has 1 atom stereocenters. The second-order valence-electron chi connectivity index (χ2n) is 4.85. The number of carboxylic acid groups (broad SMARTS) is 1. The zero-order chi connectivity index (χ0) is 15.5. The molecule has 0 aliphatic rings. The summed E-state index contributed by atoms with van der Waals surface area (Å²) < 4.78 is 36.5. The highest BCUT2D eigenvalue weighted by Gasteiger charge is 2.27. The molecular formula is C13H17F3N2O2. The second kappa shape index (κ2) is 6.19. The van der Waals surface area contributed by atoms with Crippen molar-refractivity contribution in [3.63, 3.8) is 0 Å². The van der Waals surface area contributed by atoms with E-state index >= 15 is 0 Å². The summed E-state index contributed by atoms with van der Waals surface area (Å²) in [6.45, 7) is 4.89. The Balaban J connectivity index is 2.89. The molecule has 0 spiro atoms. The van der Waals surface area contributed by atoms with Crippen molar-refractivity contribution >= 4 is 5.97 Å². The molecule has 1 unspecified atom stereocenters. The highest BCUT2D eigenvalue weighted by atomic mass is 19.4. The lowest BCUT2D eigenvalue weighted by molar-refractivity contribution is -0.141. The highest BCUT2D eigenvalue weighted by Crippen LogP contribution is 2.22. The van der Waals surface area contributed by atoms with Gasteiger partial charge in [-0.25, -0.2) is 9.97 Å². The molecule has 1 aromatic heterocycles. The van der Waals surface area contributed by atoms with Crippen LogP contribution in [0.25, 0.3) is 0 Å². The fraction of sp³-hybridized carbons (Fsp3) is 0.615. The fourth-order valence-corrected chi connectivity index (χ4v) is 1.86. The number of aromatic nitrogens is 2. The molecule has 0 aliphatic heterocycles. The summed E-state index contributed by atoms with van der Waals surface area (Å²) in [6.07, 6.45) is -5.19. The van der Waals surface area contributed by atoms with Crippen molar-refractivity contribution in [1.82, 2.24) is 9.97 Å². The third-order valence-electron chi connectivity index (χ3n) is 3.03. The minimum Gasteiger partial charge on any atom is -0.481 e. The molecule has 20 heavy (non-hydrogen) atoms. The van der Waals surface area contributed by atoms with Crippen LogP contribution in [0, 0.1) is 19.8 Å². The van der Waals surface area contributed by atoms with Gasteiger partial charge in [0.2, 0.25) is 0 Å². The number of nitrogens with zero attached hydrogens (tertiary/aromatic N) is 2. The Morgan fingerprint density at radius 2 is 1.75 bits per heavy atom. The lowest BCUT2D eigenvalue weighted by Crippen LogP contribution is -2.16. The van der Waals surface area contributed by atoms with Crippen LogP contribution in [-0.4, -0.2) is 27.2 Å². The van der Waals surface area contributed by atoms with E-state index in [9.17, 15) is 18.0 Å². The molecular weight excluding hydrogens is 273 g/mol. The number of alkyl halides is 3. The summed E-state index contributed by atoms with van der Waals surface area (Å²) in [5.41, 5.74) is 1.78. The predicted molar refractivity (Wildman–Crippen MR) is 66.4 cm³/mol. The van der Waals surface area contributed by atoms with Gasteiger partial charge in [-0.05, 0) is 25.8 Å². The largest absolute Gasteiger partial charge is 0.481 e. The van der Waals surface area contributed by atoms with Gasteiger partial charge >= 0.3 is 12.1 Å². The first-order chi connectivity index (χ1) is 9.10. The Kier molecular flexibility index (Phi) is 5.08. The summed E-state index contributed by atoms with van der Waals surface area (Å²) in [5, 5.41) is 8.89. The number of aryl methyl sites for hydroxylation is 3. The maximum absolute atomic E-state index is 12.2. The van der Waals surface area contributed by atoms with Crippen LogP contribution in [0.1, 0.15) is 36.1 Å². The lowest BCUT2D eigenvalue weighted by Gasteiger charge is -2.13. The monoisotopic (exact) mass is 290 g/mol. The summed E-state index contributed by atoms with van der Waals surface area (Å²) in [7, 11) is 0. The molecule has 7 heteroatoms. The van der Waals surface area contributed by atoms with Gasteiger partial charge in [0, 0.05) is 17.8 Å². The standard InChI is InChI=1S/C13H17F3N2O2/c1-7(12(19)20)6-10-8(2)17-11(18-9(10)3)4-5-13(14,15)16/h7H,4-6H2,1-3H3,(H,19,20). The number of aliphatic carboxylic acids is 1. The SMILES string of the molecule is Cc1nc(CCC(F)(F)F)nc(C)c1CC(C)C(=O)O. The average molecular weight is 290 g/mol. The number of halogens is 3. The minimum absolute atomic E-state index is 0.143. The van der Waals surface area contributed by atoms with Gasteiger partial charge in [-0.15, -0.1) is 0 Å². The Bertz CT molecular complexity index is 478. The summed E-state index contributed by atoms with van der Waals surface area (Å²) in [4.78, 5) is 18.9. The van der Waals surface area contributed by atoms with Crippen molar-refractivity contribution in [3.8, 4) is 0 Å². The Morgan fingerprint density at radius 1 is 1.25 bits per heavy atom. The molecule has 1 aromatic rings. The quantitative estimate of drug-likeness (QED) is 0.905. The highest BCUT2D eigenvalue weighted by molar-refractivity contribution is 5.70. The molecule has 0 radical (unpaired) electrons. The maximum Gasteiger partial charge on any atom is 0.389 e. The van der Waals surface area contributed by atoms with Crippen LogP contribution >= 0.6 is 0 Å². The van der Waals surface area contributed by atoms with E-state index < -0.39 is 24.5 Å². The zero-order valence-corrected chi connectivity index (χ0v) is 11.6. The van der Waals surface area contributed by atoms with Gasteiger partial charge in [-0.2, -0.15) is 13.2 Å². The molecule has 0 aliphatic carbocycles. The van der Waals surface area contributed by atoms with E-state index in [1.165, 1.54) is 0 Å². The smallest absolute Gasteiger partial charge is 0.389 e. The predicted octanol–water partition coefficient (Wildman–Crippen LogP) is 2.85. The van der Waals surface area contributed by atoms with Crippen molar-refractivity contribution in [2.75, 3.05) is 0 Å². The summed E-state index contributed by atoms with van der Waals surface area (Å²) in [5.74, 6) is -1.37. The molecule has 1 rings (SSSR count). The third kappa shape index (κ3) is 4.79. The molecule has 1 heterocycles. The first-order valence-corrected chi connectivity index (χ1v) is 6.22. The average Bonchev–Trinajstić information content (AvgIpc) is 2.29. The van der Waals surface area contributed by atoms with Gasteiger partial charge in [0.25, 0.3) is 0 Å². The molecule has 0 saturated carbocycles. The minimum atomic E-state index is -4.23. The molecule has 0 saturated heterocycles. The molecule has 0 aromatic carbocycles. The van der Waals surface area contributed by atoms with Crippen LogP contribution < -0.4 is 0 Å². The van der Waals surface area contributed by atoms with Crippen LogP contribution in [0.3, 0.4) is 0 Å². The zero-order valence-electron chi connectivity index (χ0n) is 11.6. The number of carbonyl (C=O) groups is 1. The van der Waals surface area contributed by atoms with Crippen molar-refractivity contribution in [1.29, 1.82) is 0 Å². The van der Waals surface area contributed by atoms with E-state index in [0.29, 0.717) is 17.0 Å². The van der Waals surface area contributed by atoms with Crippen LogP contribution in [0.15, 0.2) is 0 Å². The molecule has 1 N–H and O–H groups in total. The third-order valence-corrected chi connectivity index (χ3v) is 3.03. The molecule has 4 nitrogen and oxygen atoms in total. The van der Waals surface area contributed by atoms with Crippen LogP contribution in [0.5, 0.6) is 0 Å². The van der Waals surface area contributed by atoms with E-state index in [4.69, 9.17) is 5.11 Å². The normalized spacial score (nSPS) is 13.3. The second-order valence-corrected chi connectivity index (χ2v) is 4.85. The molecule has 0 bridgehead atoms. The first kappa shape index (κ1) is 16.4. The topological polar surface area (TPSA) is 63.1 Å². The fourth-order valence-electron chi connectivity index (χ4n) is 1.86. The van der Waals surface area contributed by atoms with Crippen molar-refractivity contribution < 1.29 is 23.1 Å². The number of rotatable bonds is 5. The maximum atomic E-state index is 12.2. The van der Waals surface area contributed by atoms with Gasteiger partial charge in [0.1, 0.15) is 5.82 Å². The van der Waals surface area contributed by atoms with E-state index in [1.807, 2.05) is 0 Å². The van der Waals surface area contributed by atoms with Crippen LogP contribution in [0.4, 0.5) is 13.2 Å². The van der Waals surface area contributed by atoms with Gasteiger partial charge in [-0.1, -0.05) is 6.92 Å². The van der Waals surface area contributed by atoms with E-state index in [1.54, 1.807) is 20.8 Å². The molecule has 112 valence electrons. The molecule has 0 amide bonds. The lowest BCUT2D eigenvalue weighted by atomic mass is 9.99. The van der Waals surface area contributed by atoms with E-state index in [2.05, 4.69) is 9.97 Å². The van der Waals surface area contributed by atoms with Crippen LogP contribution in [-0.2, 0) is 17.6 Å². The molecule has 0 fully saturated rings. The number of hydrogen-bond acceptors (Lipinski definition) is 3. The van der Waals surface area contributed by atoms with Gasteiger partial charge in [0.15, 0.2) is 0 Å². The summed E-state index contributed by atoms with van der Waals surface area (Å²) >= 11 is 0. The van der Waals surface area contributed by atoms with Gasteiger partial charge in [-0.3, -0.25) is 4.79 Å². The number of carboxylic acids is 1. The Hall–Kier alpha value is -1.66. The summed E-state index contributed by atoms with van der Waals surface area (Å²) in [6, 6.07) is 0. The first-order valence-electron chi connectivity index (χ1n) is 6.22. The number of hydrogen-bond donors (Lipinski definition) is 1. The van der Waals surface area contributed by atoms with Gasteiger partial charge < -0.3 is 5.11 Å². The van der Waals surface area contributed by atoms with Crippen molar-refractivity contribution in [3.05, 3.63) is 22.8 Å². The van der Waals surface area contributed by atoms with E-state index in [-0.39, 0.29) is 18.7 Å². The van der Waals surface area contributed by atoms with Crippen molar-refractivity contribution in [2.24, 2.45) is 5.92 Å². The van der Waals surface area contributed by atoms with Gasteiger partial charge in [0.05, 0.1) is 12.3 Å². The van der Waals surface area contributed by atoms with Crippen LogP contribution in [0.2, 0.25) is 0 Å².